The van der Waals surface area contributed by atoms with E-state index in [4.69, 9.17) is 4.74 Å². The lowest BCUT2D eigenvalue weighted by Crippen LogP contribution is -2.43. The number of nitrogens with one attached hydrogen (secondary N) is 1. The van der Waals surface area contributed by atoms with Crippen LogP contribution in [0.2, 0.25) is 0 Å². The number of rotatable bonds is 1. The second-order valence-electron chi connectivity index (χ2n) is 7.85. The normalized spacial score (nSPS) is 17.5. The summed E-state index contributed by atoms with van der Waals surface area (Å²) < 4.78 is 34.4. The Hall–Kier alpha value is -2.78. The minimum Gasteiger partial charge on any atom is -0.373 e. The van der Waals surface area contributed by atoms with E-state index in [1.54, 1.807) is 11.9 Å². The zero-order chi connectivity index (χ0) is 21.9. The Labute approximate surface area is 184 Å². The van der Waals surface area contributed by atoms with Crippen LogP contribution in [0.15, 0.2) is 39.6 Å². The van der Waals surface area contributed by atoms with Crippen molar-refractivity contribution in [1.29, 1.82) is 0 Å². The Balaban J connectivity index is 1.53. The fraction of sp³-hybridized carbons (Fsp3) is 0.273. The number of aromatic amines is 1. The number of hydrogen-bond donors (Lipinski definition) is 1. The van der Waals surface area contributed by atoms with Crippen LogP contribution in [-0.4, -0.2) is 34.5 Å². The van der Waals surface area contributed by atoms with Crippen LogP contribution in [0.25, 0.3) is 10.8 Å². The summed E-state index contributed by atoms with van der Waals surface area (Å²) in [5.74, 6) is -2.13. The van der Waals surface area contributed by atoms with E-state index >= 15 is 0 Å². The van der Waals surface area contributed by atoms with Crippen molar-refractivity contribution in [2.45, 2.75) is 25.7 Å². The summed E-state index contributed by atoms with van der Waals surface area (Å²) in [5, 5.41) is 0.336. The molecule has 0 bridgehead atoms. The summed E-state index contributed by atoms with van der Waals surface area (Å²) >= 11 is 3.45. The molecule has 9 heteroatoms. The van der Waals surface area contributed by atoms with Gasteiger partial charge in [-0.3, -0.25) is 4.79 Å². The molecule has 31 heavy (non-hydrogen) atoms. The highest BCUT2D eigenvalue weighted by Crippen LogP contribution is 2.35. The molecule has 2 aliphatic heterocycles. The third-order valence-electron chi connectivity index (χ3n) is 5.97. The summed E-state index contributed by atoms with van der Waals surface area (Å²) in [4.78, 5) is 31.7. The van der Waals surface area contributed by atoms with Crippen LogP contribution in [0.4, 0.5) is 13.6 Å². The van der Waals surface area contributed by atoms with E-state index in [0.29, 0.717) is 29.7 Å². The van der Waals surface area contributed by atoms with Crippen molar-refractivity contribution in [3.05, 3.63) is 79.2 Å². The van der Waals surface area contributed by atoms with E-state index in [1.807, 2.05) is 18.2 Å². The van der Waals surface area contributed by atoms with Crippen molar-refractivity contribution in [3.8, 4) is 0 Å². The number of urea groups is 1. The first kappa shape index (κ1) is 20.1. The van der Waals surface area contributed by atoms with Gasteiger partial charge in [0, 0.05) is 35.9 Å². The molecule has 5 rings (SSSR count). The van der Waals surface area contributed by atoms with E-state index in [1.165, 1.54) is 4.90 Å². The maximum absolute atomic E-state index is 14.1. The number of aromatic nitrogens is 1. The van der Waals surface area contributed by atoms with Gasteiger partial charge in [-0.25, -0.2) is 13.6 Å². The van der Waals surface area contributed by atoms with Gasteiger partial charge >= 0.3 is 6.03 Å². The van der Waals surface area contributed by atoms with Crippen molar-refractivity contribution in [3.63, 3.8) is 0 Å². The zero-order valence-corrected chi connectivity index (χ0v) is 18.1. The number of likely N-dealkylation sites (N-methyl/N-ethyl adjacent to an activating group) is 1. The molecule has 2 amide bonds. The van der Waals surface area contributed by atoms with Gasteiger partial charge in [0.05, 0.1) is 24.6 Å². The number of carbonyl (C=O) groups excluding carboxylic acids is 1. The number of H-pyrrole nitrogens is 1. The molecule has 0 spiro atoms. The first-order valence-electron chi connectivity index (χ1n) is 9.74. The monoisotopic (exact) mass is 489 g/mol. The lowest BCUT2D eigenvalue weighted by molar-refractivity contribution is 0.0438. The molecule has 2 aliphatic rings. The first-order chi connectivity index (χ1) is 14.8. The highest BCUT2D eigenvalue weighted by Gasteiger charge is 2.34. The Bertz CT molecular complexity index is 1290. The lowest BCUT2D eigenvalue weighted by Gasteiger charge is -2.35. The van der Waals surface area contributed by atoms with Gasteiger partial charge in [-0.1, -0.05) is 22.0 Å². The molecule has 1 aromatic heterocycles. The first-order valence-corrected chi connectivity index (χ1v) is 10.5. The van der Waals surface area contributed by atoms with Gasteiger partial charge in [0.2, 0.25) is 0 Å². The molecular weight excluding hydrogens is 472 g/mol. The third-order valence-corrected chi connectivity index (χ3v) is 6.46. The number of ether oxygens (including phenoxy) is 1. The van der Waals surface area contributed by atoms with Crippen molar-refractivity contribution in [2.75, 3.05) is 13.7 Å². The van der Waals surface area contributed by atoms with Gasteiger partial charge in [-0.2, -0.15) is 0 Å². The Morgan fingerprint density at radius 3 is 2.65 bits per heavy atom. The highest BCUT2D eigenvalue weighted by atomic mass is 79.9. The lowest BCUT2D eigenvalue weighted by atomic mass is 9.95. The minimum atomic E-state index is -1.09. The number of nitrogens with zero attached hydrogens (tertiary/aromatic N) is 2. The average molecular weight is 490 g/mol. The number of halogens is 3. The summed E-state index contributed by atoms with van der Waals surface area (Å²) in [6.45, 7) is 1.27. The molecule has 160 valence electrons. The molecule has 0 fully saturated rings. The number of pyridine rings is 1. The van der Waals surface area contributed by atoms with Crippen LogP contribution >= 0.6 is 15.9 Å². The number of amides is 2. The van der Waals surface area contributed by atoms with Crippen LogP contribution in [0, 0.1) is 11.6 Å². The van der Waals surface area contributed by atoms with Crippen LogP contribution in [0.1, 0.15) is 28.4 Å². The van der Waals surface area contributed by atoms with Gasteiger partial charge in [-0.05, 0) is 40.8 Å². The van der Waals surface area contributed by atoms with E-state index in [2.05, 4.69) is 20.9 Å². The van der Waals surface area contributed by atoms with Crippen LogP contribution in [0.3, 0.4) is 0 Å². The van der Waals surface area contributed by atoms with E-state index < -0.39 is 23.2 Å². The molecule has 3 heterocycles. The molecular formula is C22H18BrF2N3O3. The maximum Gasteiger partial charge on any atom is 0.320 e. The van der Waals surface area contributed by atoms with Crippen molar-refractivity contribution in [2.24, 2.45) is 0 Å². The van der Waals surface area contributed by atoms with Crippen molar-refractivity contribution < 1.29 is 18.3 Å². The fourth-order valence-electron chi connectivity index (χ4n) is 4.40. The molecule has 1 atom stereocenters. The van der Waals surface area contributed by atoms with Gasteiger partial charge in [0.25, 0.3) is 5.56 Å². The Morgan fingerprint density at radius 1 is 1.16 bits per heavy atom. The Morgan fingerprint density at radius 2 is 1.87 bits per heavy atom. The molecule has 0 unspecified atom stereocenters. The Kier molecular flexibility index (Phi) is 4.82. The number of fused-ring (bicyclic) bond motifs is 4. The molecule has 0 saturated carbocycles. The summed E-state index contributed by atoms with van der Waals surface area (Å²) in [5.41, 5.74) is 2.68. The van der Waals surface area contributed by atoms with Crippen LogP contribution in [-0.2, 0) is 24.4 Å². The summed E-state index contributed by atoms with van der Waals surface area (Å²) in [6, 6.07) is 7.08. The van der Waals surface area contributed by atoms with Gasteiger partial charge in [-0.15, -0.1) is 0 Å². The van der Waals surface area contributed by atoms with Crippen LogP contribution in [0.5, 0.6) is 0 Å². The molecule has 3 aromatic rings. The second kappa shape index (κ2) is 7.42. The standard InChI is InChI=1S/C22H18BrF2N3O3/c1-27(22(30)28-7-11-2-3-13(23)4-12(11)8-28)19-10-31-9-18-20(19)14-5-16(24)17(25)6-15(14)21(29)26-18/h2-6,19H,7-10H2,1H3,(H,26,29)/t19-/m1/s1. The number of hydrogen-bond acceptors (Lipinski definition) is 3. The third kappa shape index (κ3) is 3.32. The maximum atomic E-state index is 14.1. The van der Waals surface area contributed by atoms with Crippen molar-refractivity contribution >= 4 is 32.7 Å². The minimum absolute atomic E-state index is 0.0452. The SMILES string of the molecule is CN(C(=O)N1Cc2ccc(Br)cc2C1)[C@@H]1COCc2[nH]c(=O)c3cc(F)c(F)cc3c21. The molecule has 0 radical (unpaired) electrons. The van der Waals surface area contributed by atoms with Crippen LogP contribution < -0.4 is 5.56 Å². The molecule has 1 N–H and O–H groups in total. The average Bonchev–Trinajstić information content (AvgIpc) is 3.17. The fourth-order valence-corrected chi connectivity index (χ4v) is 4.81. The van der Waals surface area contributed by atoms with E-state index in [9.17, 15) is 18.4 Å². The van der Waals surface area contributed by atoms with E-state index in [-0.39, 0.29) is 24.6 Å². The van der Waals surface area contributed by atoms with E-state index in [0.717, 1.165) is 27.7 Å². The van der Waals surface area contributed by atoms with Gasteiger partial charge in [0.1, 0.15) is 0 Å². The number of benzene rings is 2. The van der Waals surface area contributed by atoms with Gasteiger partial charge < -0.3 is 19.5 Å². The van der Waals surface area contributed by atoms with Crippen molar-refractivity contribution in [1.82, 2.24) is 14.8 Å². The smallest absolute Gasteiger partial charge is 0.320 e. The molecule has 6 nitrogen and oxygen atoms in total. The quantitative estimate of drug-likeness (QED) is 0.556. The summed E-state index contributed by atoms with van der Waals surface area (Å²) in [7, 11) is 1.65. The highest BCUT2D eigenvalue weighted by molar-refractivity contribution is 9.10. The second-order valence-corrected chi connectivity index (χ2v) is 8.77. The number of carbonyl (C=O) groups is 1. The molecule has 0 saturated heterocycles. The summed E-state index contributed by atoms with van der Waals surface area (Å²) in [6.07, 6.45) is 0. The largest absolute Gasteiger partial charge is 0.373 e. The zero-order valence-electron chi connectivity index (χ0n) is 16.5. The predicted molar refractivity (Wildman–Crippen MR) is 113 cm³/mol. The molecule has 2 aromatic carbocycles. The predicted octanol–water partition coefficient (Wildman–Crippen LogP) is 4.21. The topological polar surface area (TPSA) is 65.6 Å². The molecule has 0 aliphatic carbocycles. The van der Waals surface area contributed by atoms with Gasteiger partial charge in [0.15, 0.2) is 11.6 Å².